The highest BCUT2D eigenvalue weighted by Gasteiger charge is 2.04. The zero-order valence-electron chi connectivity index (χ0n) is 11.6. The lowest BCUT2D eigenvalue weighted by Gasteiger charge is -2.06. The predicted molar refractivity (Wildman–Crippen MR) is 83.7 cm³/mol. The Hall–Kier alpha value is -2.34. The molecule has 1 aromatic heterocycles. The molecular weight excluding hydrogens is 288 g/mol. The summed E-state index contributed by atoms with van der Waals surface area (Å²) in [4.78, 5) is 23.5. The fourth-order valence-electron chi connectivity index (χ4n) is 1.83. The standard InChI is InChI=1S/C15H16N2O3S/c1-10(18)17-12-4-2-11(3-5-12)16-9-14-7-6-13(21-14)8-15(19)20/h2-7,16H,8-9H2,1H3,(H,17,18)(H,19,20). The Kier molecular flexibility index (Phi) is 4.94. The molecule has 21 heavy (non-hydrogen) atoms. The number of anilines is 2. The Morgan fingerprint density at radius 2 is 1.67 bits per heavy atom. The van der Waals surface area contributed by atoms with E-state index in [1.807, 2.05) is 36.4 Å². The number of rotatable bonds is 6. The van der Waals surface area contributed by atoms with E-state index in [0.717, 1.165) is 21.1 Å². The number of amides is 1. The van der Waals surface area contributed by atoms with Crippen molar-refractivity contribution < 1.29 is 14.7 Å². The number of hydrogen-bond acceptors (Lipinski definition) is 4. The summed E-state index contributed by atoms with van der Waals surface area (Å²) in [6, 6.07) is 11.2. The molecule has 0 bridgehead atoms. The number of aliphatic carboxylic acids is 1. The molecule has 0 unspecified atom stereocenters. The number of nitrogens with one attached hydrogen (secondary N) is 2. The molecule has 1 aromatic carbocycles. The molecule has 110 valence electrons. The Morgan fingerprint density at radius 3 is 2.29 bits per heavy atom. The molecule has 0 fully saturated rings. The van der Waals surface area contributed by atoms with E-state index in [2.05, 4.69) is 10.6 Å². The van der Waals surface area contributed by atoms with Crippen molar-refractivity contribution in [1.82, 2.24) is 0 Å². The van der Waals surface area contributed by atoms with Crippen molar-refractivity contribution in [3.05, 3.63) is 46.2 Å². The minimum absolute atomic E-state index is 0.0656. The van der Waals surface area contributed by atoms with Crippen molar-refractivity contribution in [2.24, 2.45) is 0 Å². The molecule has 1 heterocycles. The van der Waals surface area contributed by atoms with Crippen LogP contribution in [0.3, 0.4) is 0 Å². The van der Waals surface area contributed by atoms with E-state index in [1.54, 1.807) is 0 Å². The van der Waals surface area contributed by atoms with Crippen LogP contribution in [0.4, 0.5) is 11.4 Å². The van der Waals surface area contributed by atoms with Crippen LogP contribution in [-0.4, -0.2) is 17.0 Å². The molecule has 0 saturated heterocycles. The van der Waals surface area contributed by atoms with Gasteiger partial charge >= 0.3 is 5.97 Å². The van der Waals surface area contributed by atoms with Gasteiger partial charge in [-0.25, -0.2) is 0 Å². The molecule has 0 spiro atoms. The molecule has 0 saturated carbocycles. The minimum atomic E-state index is -0.815. The number of benzene rings is 1. The largest absolute Gasteiger partial charge is 0.481 e. The molecule has 0 aliphatic carbocycles. The molecule has 5 nitrogen and oxygen atoms in total. The third-order valence-electron chi connectivity index (χ3n) is 2.71. The first-order valence-corrected chi connectivity index (χ1v) is 7.25. The van der Waals surface area contributed by atoms with Crippen LogP contribution in [0, 0.1) is 0 Å². The van der Waals surface area contributed by atoms with Crippen LogP contribution < -0.4 is 10.6 Å². The third kappa shape index (κ3) is 4.92. The van der Waals surface area contributed by atoms with Crippen molar-refractivity contribution in [1.29, 1.82) is 0 Å². The molecule has 0 aliphatic rings. The molecule has 2 rings (SSSR count). The van der Waals surface area contributed by atoms with Gasteiger partial charge in [0.25, 0.3) is 0 Å². The number of carboxylic acid groups (broad SMARTS) is 1. The number of carbonyl (C=O) groups excluding carboxylic acids is 1. The van der Waals surface area contributed by atoms with Crippen molar-refractivity contribution in [2.75, 3.05) is 10.6 Å². The summed E-state index contributed by atoms with van der Waals surface area (Å²) in [5.74, 6) is -0.912. The number of hydrogen-bond donors (Lipinski definition) is 3. The van der Waals surface area contributed by atoms with Crippen LogP contribution in [-0.2, 0) is 22.6 Å². The maximum Gasteiger partial charge on any atom is 0.308 e. The molecule has 0 aliphatic heterocycles. The highest BCUT2D eigenvalue weighted by atomic mass is 32.1. The average Bonchev–Trinajstić information content (AvgIpc) is 2.84. The number of carboxylic acids is 1. The van der Waals surface area contributed by atoms with Crippen molar-refractivity contribution in [2.45, 2.75) is 19.9 Å². The molecule has 6 heteroatoms. The first-order valence-electron chi connectivity index (χ1n) is 6.44. The lowest BCUT2D eigenvalue weighted by Crippen LogP contribution is -2.05. The Bertz CT molecular complexity index is 635. The van der Waals surface area contributed by atoms with Gasteiger partial charge in [-0.2, -0.15) is 0 Å². The first-order chi connectivity index (χ1) is 10.0. The highest BCUT2D eigenvalue weighted by molar-refractivity contribution is 7.12. The summed E-state index contributed by atoms with van der Waals surface area (Å²) in [5.41, 5.74) is 1.70. The fraction of sp³-hybridized carbons (Fsp3) is 0.200. The average molecular weight is 304 g/mol. The van der Waals surface area contributed by atoms with Crippen LogP contribution in [0.1, 0.15) is 16.7 Å². The zero-order chi connectivity index (χ0) is 15.2. The highest BCUT2D eigenvalue weighted by Crippen LogP contribution is 2.19. The van der Waals surface area contributed by atoms with Crippen molar-refractivity contribution >= 4 is 34.6 Å². The van der Waals surface area contributed by atoms with E-state index in [1.165, 1.54) is 18.3 Å². The van der Waals surface area contributed by atoms with E-state index in [0.29, 0.717) is 6.54 Å². The second kappa shape index (κ2) is 6.90. The van der Waals surface area contributed by atoms with Crippen LogP contribution in [0.2, 0.25) is 0 Å². The van der Waals surface area contributed by atoms with E-state index in [9.17, 15) is 9.59 Å². The van der Waals surface area contributed by atoms with Gasteiger partial charge in [-0.05, 0) is 36.4 Å². The Morgan fingerprint density at radius 1 is 1.05 bits per heavy atom. The normalized spacial score (nSPS) is 10.1. The summed E-state index contributed by atoms with van der Waals surface area (Å²) >= 11 is 1.49. The Balaban J connectivity index is 1.89. The summed E-state index contributed by atoms with van der Waals surface area (Å²) in [6.07, 6.45) is 0.0656. The van der Waals surface area contributed by atoms with Crippen molar-refractivity contribution in [3.63, 3.8) is 0 Å². The van der Waals surface area contributed by atoms with E-state index in [4.69, 9.17) is 5.11 Å². The van der Waals surface area contributed by atoms with Crippen molar-refractivity contribution in [3.8, 4) is 0 Å². The molecule has 0 radical (unpaired) electrons. The first kappa shape index (κ1) is 15.1. The van der Waals surface area contributed by atoms with Crippen LogP contribution in [0.25, 0.3) is 0 Å². The van der Waals surface area contributed by atoms with Gasteiger partial charge in [-0.15, -0.1) is 11.3 Å². The molecular formula is C15H16N2O3S. The van der Waals surface area contributed by atoms with Gasteiger partial charge in [0.15, 0.2) is 0 Å². The lowest BCUT2D eigenvalue weighted by molar-refractivity contribution is -0.136. The van der Waals surface area contributed by atoms with Crippen LogP contribution in [0.5, 0.6) is 0 Å². The van der Waals surface area contributed by atoms with Crippen LogP contribution >= 0.6 is 11.3 Å². The van der Waals surface area contributed by atoms with E-state index >= 15 is 0 Å². The van der Waals surface area contributed by atoms with Gasteiger partial charge in [0.05, 0.1) is 6.42 Å². The molecule has 2 aromatic rings. The Labute approximate surface area is 126 Å². The summed E-state index contributed by atoms with van der Waals surface area (Å²) in [6.45, 7) is 2.11. The number of thiophene rings is 1. The predicted octanol–water partition coefficient (Wildman–Crippen LogP) is 2.95. The second-order valence-corrected chi connectivity index (χ2v) is 5.80. The lowest BCUT2D eigenvalue weighted by atomic mass is 10.2. The maximum atomic E-state index is 10.9. The third-order valence-corrected chi connectivity index (χ3v) is 3.80. The van der Waals surface area contributed by atoms with Gasteiger partial charge < -0.3 is 15.7 Å². The molecule has 0 atom stereocenters. The van der Waals surface area contributed by atoms with Gasteiger partial charge in [0.2, 0.25) is 5.91 Å². The fourth-order valence-corrected chi connectivity index (χ4v) is 2.77. The summed E-state index contributed by atoms with van der Waals surface area (Å²) in [5, 5.41) is 14.7. The van der Waals surface area contributed by atoms with Gasteiger partial charge in [-0.1, -0.05) is 0 Å². The second-order valence-electron chi connectivity index (χ2n) is 4.55. The van der Waals surface area contributed by atoms with Gasteiger partial charge in [0, 0.05) is 34.6 Å². The van der Waals surface area contributed by atoms with E-state index < -0.39 is 5.97 Å². The molecule has 3 N–H and O–H groups in total. The smallest absolute Gasteiger partial charge is 0.308 e. The maximum absolute atomic E-state index is 10.9. The van der Waals surface area contributed by atoms with Gasteiger partial charge in [-0.3, -0.25) is 9.59 Å². The van der Waals surface area contributed by atoms with Gasteiger partial charge in [0.1, 0.15) is 0 Å². The quantitative estimate of drug-likeness (QED) is 0.766. The molecule has 1 amide bonds. The SMILES string of the molecule is CC(=O)Nc1ccc(NCc2ccc(CC(=O)O)s2)cc1. The summed E-state index contributed by atoms with van der Waals surface area (Å²) in [7, 11) is 0. The topological polar surface area (TPSA) is 78.4 Å². The van der Waals surface area contributed by atoms with E-state index in [-0.39, 0.29) is 12.3 Å². The number of carbonyl (C=O) groups is 2. The zero-order valence-corrected chi connectivity index (χ0v) is 12.4. The minimum Gasteiger partial charge on any atom is -0.481 e. The van der Waals surface area contributed by atoms with Crippen LogP contribution in [0.15, 0.2) is 36.4 Å². The monoisotopic (exact) mass is 304 g/mol. The summed E-state index contributed by atoms with van der Waals surface area (Å²) < 4.78 is 0.